The molecular formula is C21H21NO3S3. The zero-order valence-electron chi connectivity index (χ0n) is 15.9. The first-order chi connectivity index (χ1) is 13.5. The van der Waals surface area contributed by atoms with Crippen molar-refractivity contribution in [3.05, 3.63) is 58.5 Å². The van der Waals surface area contributed by atoms with Crippen LogP contribution in [0.1, 0.15) is 11.1 Å². The quantitative estimate of drug-likeness (QED) is 0.266. The number of ether oxygens (including phenoxy) is 2. The molecule has 1 heterocycles. The predicted molar refractivity (Wildman–Crippen MR) is 121 cm³/mol. The van der Waals surface area contributed by atoms with Crippen molar-refractivity contribution in [1.82, 2.24) is 4.90 Å². The highest BCUT2D eigenvalue weighted by Gasteiger charge is 2.28. The fourth-order valence-electron chi connectivity index (χ4n) is 2.54. The molecule has 0 aromatic heterocycles. The molecule has 0 N–H and O–H groups in total. The molecule has 0 unspecified atom stereocenters. The number of methoxy groups -OCH3 is 1. The summed E-state index contributed by atoms with van der Waals surface area (Å²) in [5.74, 6) is 2.09. The van der Waals surface area contributed by atoms with Gasteiger partial charge in [0.25, 0.3) is 5.91 Å². The minimum Gasteiger partial charge on any atom is -0.493 e. The Balaban J connectivity index is 1.61. The van der Waals surface area contributed by atoms with Gasteiger partial charge in [-0.3, -0.25) is 9.69 Å². The third-order valence-electron chi connectivity index (χ3n) is 4.10. The van der Waals surface area contributed by atoms with E-state index in [0.29, 0.717) is 27.3 Å². The molecule has 1 amide bonds. The fourth-order valence-corrected chi connectivity index (χ4v) is 4.45. The Morgan fingerprint density at radius 1 is 1.18 bits per heavy atom. The number of carbonyl (C=O) groups excluding carboxylic acids is 1. The minimum atomic E-state index is -0.0811. The van der Waals surface area contributed by atoms with Gasteiger partial charge in [-0.1, -0.05) is 47.7 Å². The second-order valence-electron chi connectivity index (χ2n) is 6.16. The van der Waals surface area contributed by atoms with Crippen LogP contribution in [0.4, 0.5) is 0 Å². The Morgan fingerprint density at radius 2 is 1.93 bits per heavy atom. The Labute approximate surface area is 179 Å². The normalized spacial score (nSPS) is 15.4. The van der Waals surface area contributed by atoms with Gasteiger partial charge in [0.15, 0.2) is 11.5 Å². The third kappa shape index (κ3) is 5.10. The fraction of sp³-hybridized carbons (Fsp3) is 0.238. The summed E-state index contributed by atoms with van der Waals surface area (Å²) in [6.07, 6.45) is 1.82. The van der Waals surface area contributed by atoms with Gasteiger partial charge in [0.05, 0.1) is 18.6 Å². The Bertz CT molecular complexity index is 910. The molecule has 1 fully saturated rings. The molecule has 28 heavy (non-hydrogen) atoms. The second kappa shape index (κ2) is 9.49. The van der Waals surface area contributed by atoms with Crippen molar-refractivity contribution in [3.8, 4) is 11.5 Å². The van der Waals surface area contributed by atoms with E-state index in [4.69, 9.17) is 21.7 Å². The predicted octanol–water partition coefficient (Wildman–Crippen LogP) is 5.01. The van der Waals surface area contributed by atoms with Gasteiger partial charge in [-0.25, -0.2) is 0 Å². The number of nitrogens with zero attached hydrogens (tertiary/aromatic N) is 1. The molecule has 0 spiro atoms. The smallest absolute Gasteiger partial charge is 0.265 e. The molecule has 4 nitrogen and oxygen atoms in total. The van der Waals surface area contributed by atoms with Gasteiger partial charge < -0.3 is 9.47 Å². The lowest BCUT2D eigenvalue weighted by Crippen LogP contribution is -2.22. The van der Waals surface area contributed by atoms with E-state index in [1.807, 2.05) is 24.3 Å². The Morgan fingerprint density at radius 3 is 2.57 bits per heavy atom. The standard InChI is InChI=1S/C21H21NO3S3/c1-14-4-7-16(8-5-14)27-11-10-25-17-9-6-15(12-18(17)24-3)13-19-20(23)22(2)21(26)28-19/h4-9,12-13H,10-11H2,1-3H3/b19-13-. The van der Waals surface area contributed by atoms with Crippen molar-refractivity contribution >= 4 is 52.0 Å². The van der Waals surface area contributed by atoms with Crippen LogP contribution in [0.2, 0.25) is 0 Å². The molecule has 2 aromatic rings. The number of rotatable bonds is 7. The SMILES string of the molecule is COc1cc(/C=C2\SC(=S)N(C)C2=O)ccc1OCCSc1ccc(C)cc1. The highest BCUT2D eigenvalue weighted by atomic mass is 32.2. The molecule has 0 radical (unpaired) electrons. The first-order valence-corrected chi connectivity index (χ1v) is 10.9. The molecule has 0 saturated carbocycles. The summed E-state index contributed by atoms with van der Waals surface area (Å²) >= 11 is 8.22. The number of thioether (sulfide) groups is 2. The van der Waals surface area contributed by atoms with Gasteiger partial charge >= 0.3 is 0 Å². The molecule has 0 bridgehead atoms. The van der Waals surface area contributed by atoms with Crippen LogP contribution in [-0.4, -0.2) is 41.6 Å². The third-order valence-corrected chi connectivity index (χ3v) is 6.56. The van der Waals surface area contributed by atoms with Crippen LogP contribution in [0.25, 0.3) is 6.08 Å². The maximum Gasteiger partial charge on any atom is 0.265 e. The van der Waals surface area contributed by atoms with Crippen LogP contribution >= 0.6 is 35.7 Å². The molecule has 0 atom stereocenters. The number of likely N-dealkylation sites (N-methyl/N-ethyl adjacent to an activating group) is 1. The lowest BCUT2D eigenvalue weighted by atomic mass is 10.2. The van der Waals surface area contributed by atoms with Crippen molar-refractivity contribution < 1.29 is 14.3 Å². The van der Waals surface area contributed by atoms with Gasteiger partial charge in [-0.05, 0) is 42.8 Å². The Hall–Kier alpha value is -1.96. The van der Waals surface area contributed by atoms with E-state index in [9.17, 15) is 4.79 Å². The van der Waals surface area contributed by atoms with Gasteiger partial charge in [-0.15, -0.1) is 11.8 Å². The summed E-state index contributed by atoms with van der Waals surface area (Å²) in [5.41, 5.74) is 2.12. The molecule has 3 rings (SSSR count). The van der Waals surface area contributed by atoms with E-state index in [1.165, 1.54) is 27.1 Å². The van der Waals surface area contributed by atoms with Gasteiger partial charge in [-0.2, -0.15) is 0 Å². The number of hydrogen-bond donors (Lipinski definition) is 0. The van der Waals surface area contributed by atoms with E-state index in [2.05, 4.69) is 31.2 Å². The van der Waals surface area contributed by atoms with Crippen LogP contribution in [-0.2, 0) is 4.79 Å². The summed E-state index contributed by atoms with van der Waals surface area (Å²) in [6.45, 7) is 2.65. The number of thiocarbonyl (C=S) groups is 1. The summed E-state index contributed by atoms with van der Waals surface area (Å²) < 4.78 is 11.9. The summed E-state index contributed by atoms with van der Waals surface area (Å²) in [6, 6.07) is 14.1. The van der Waals surface area contributed by atoms with Crippen LogP contribution in [0, 0.1) is 6.92 Å². The van der Waals surface area contributed by atoms with Crippen molar-refractivity contribution in [2.75, 3.05) is 26.5 Å². The van der Waals surface area contributed by atoms with E-state index >= 15 is 0 Å². The molecular weight excluding hydrogens is 410 g/mol. The highest BCUT2D eigenvalue weighted by molar-refractivity contribution is 8.26. The summed E-state index contributed by atoms with van der Waals surface area (Å²) in [4.78, 5) is 15.5. The van der Waals surface area contributed by atoms with E-state index in [0.717, 1.165) is 11.3 Å². The molecule has 146 valence electrons. The van der Waals surface area contributed by atoms with Crippen LogP contribution in [0.5, 0.6) is 11.5 Å². The number of carbonyl (C=O) groups is 1. The highest BCUT2D eigenvalue weighted by Crippen LogP contribution is 2.34. The van der Waals surface area contributed by atoms with Crippen LogP contribution in [0.15, 0.2) is 52.3 Å². The maximum absolute atomic E-state index is 12.1. The topological polar surface area (TPSA) is 38.8 Å². The molecule has 1 aliphatic rings. The summed E-state index contributed by atoms with van der Waals surface area (Å²) in [5, 5.41) is 0. The number of hydrogen-bond acceptors (Lipinski definition) is 6. The largest absolute Gasteiger partial charge is 0.493 e. The molecule has 1 aliphatic heterocycles. The average molecular weight is 432 g/mol. The van der Waals surface area contributed by atoms with Crippen LogP contribution < -0.4 is 9.47 Å². The Kier molecular flexibility index (Phi) is 7.04. The molecule has 1 saturated heterocycles. The van der Waals surface area contributed by atoms with Crippen molar-refractivity contribution in [2.24, 2.45) is 0 Å². The zero-order valence-corrected chi connectivity index (χ0v) is 18.4. The van der Waals surface area contributed by atoms with Crippen molar-refractivity contribution in [3.63, 3.8) is 0 Å². The lowest BCUT2D eigenvalue weighted by molar-refractivity contribution is -0.121. The monoisotopic (exact) mass is 431 g/mol. The summed E-state index contributed by atoms with van der Waals surface area (Å²) in [7, 11) is 3.29. The van der Waals surface area contributed by atoms with Gasteiger partial charge in [0.1, 0.15) is 4.32 Å². The minimum absolute atomic E-state index is 0.0811. The van der Waals surface area contributed by atoms with E-state index < -0.39 is 0 Å². The molecule has 2 aromatic carbocycles. The van der Waals surface area contributed by atoms with Gasteiger partial charge in [0.2, 0.25) is 0 Å². The van der Waals surface area contributed by atoms with E-state index in [1.54, 1.807) is 25.9 Å². The lowest BCUT2D eigenvalue weighted by Gasteiger charge is -2.11. The first-order valence-electron chi connectivity index (χ1n) is 8.70. The van der Waals surface area contributed by atoms with E-state index in [-0.39, 0.29) is 5.91 Å². The number of benzene rings is 2. The number of amides is 1. The second-order valence-corrected chi connectivity index (χ2v) is 9.01. The van der Waals surface area contributed by atoms with Gasteiger partial charge in [0, 0.05) is 17.7 Å². The number of aryl methyl sites for hydroxylation is 1. The molecule has 0 aliphatic carbocycles. The maximum atomic E-state index is 12.1. The molecule has 7 heteroatoms. The van der Waals surface area contributed by atoms with Crippen molar-refractivity contribution in [1.29, 1.82) is 0 Å². The van der Waals surface area contributed by atoms with Crippen molar-refractivity contribution in [2.45, 2.75) is 11.8 Å². The average Bonchev–Trinajstić information content (AvgIpc) is 2.94. The zero-order chi connectivity index (χ0) is 20.1. The first kappa shape index (κ1) is 20.8. The van der Waals surface area contributed by atoms with Crippen LogP contribution in [0.3, 0.4) is 0 Å².